The fraction of sp³-hybridized carbons (Fsp3) is 0.303. The number of halogens is 5. The van der Waals surface area contributed by atoms with Crippen LogP contribution in [-0.2, 0) is 30.5 Å². The third-order valence-electron chi connectivity index (χ3n) is 7.86. The summed E-state index contributed by atoms with van der Waals surface area (Å²) in [5.74, 6) is -0.295. The van der Waals surface area contributed by atoms with E-state index < -0.39 is 22.7 Å². The van der Waals surface area contributed by atoms with Crippen molar-refractivity contribution in [1.82, 2.24) is 19.8 Å². The van der Waals surface area contributed by atoms with E-state index in [-0.39, 0.29) is 47.8 Å². The minimum absolute atomic E-state index is 0.00691. The number of carbonyl (C=O) groups is 1. The van der Waals surface area contributed by atoms with Gasteiger partial charge in [-0.15, -0.1) is 0 Å². The van der Waals surface area contributed by atoms with E-state index in [1.165, 1.54) is 24.3 Å². The highest BCUT2D eigenvalue weighted by Gasteiger charge is 2.31. The van der Waals surface area contributed by atoms with Gasteiger partial charge in [0.15, 0.2) is 5.11 Å². The van der Waals surface area contributed by atoms with Gasteiger partial charge >= 0.3 is 6.18 Å². The fourth-order valence-electron chi connectivity index (χ4n) is 4.94. The zero-order chi connectivity index (χ0) is 35.0. The molecule has 4 aromatic rings. The molecule has 3 aromatic carbocycles. The van der Waals surface area contributed by atoms with E-state index >= 15 is 0 Å². The Bertz CT molecular complexity index is 1750. The number of thiocarbonyl (C=S) groups is 1. The number of hydrogen-bond donors (Lipinski definition) is 2. The predicted molar refractivity (Wildman–Crippen MR) is 184 cm³/mol. The zero-order valence-electron chi connectivity index (χ0n) is 26.0. The molecule has 1 amide bonds. The molecular formula is C33H33Cl2F3N6O3S. The van der Waals surface area contributed by atoms with Crippen LogP contribution in [0.3, 0.4) is 0 Å². The van der Waals surface area contributed by atoms with Crippen molar-refractivity contribution >= 4 is 57.8 Å². The monoisotopic (exact) mass is 720 g/mol. The van der Waals surface area contributed by atoms with Crippen LogP contribution in [0.5, 0.6) is 0 Å². The number of nitro benzene ring substituents is 1. The average molecular weight is 722 g/mol. The maximum absolute atomic E-state index is 13.5. The SMILES string of the molecule is CCC(C)C(CN(Cc1cccc(Cl)c1Cl)C(=S)Nc1cccc(C(F)(F)F)c1)NC(=O)Cc1cncn1Cc1ccc([N+](=O)[O-])cc1. The van der Waals surface area contributed by atoms with E-state index in [9.17, 15) is 28.1 Å². The van der Waals surface area contributed by atoms with Crippen molar-refractivity contribution in [3.63, 3.8) is 0 Å². The summed E-state index contributed by atoms with van der Waals surface area (Å²) in [5, 5.41) is 17.8. The van der Waals surface area contributed by atoms with E-state index in [0.29, 0.717) is 34.3 Å². The number of non-ortho nitro benzene ring substituents is 1. The Morgan fingerprint density at radius 3 is 2.50 bits per heavy atom. The van der Waals surface area contributed by atoms with Crippen LogP contribution in [-0.4, -0.2) is 43.0 Å². The third-order valence-corrected chi connectivity index (χ3v) is 9.07. The second-order valence-electron chi connectivity index (χ2n) is 11.3. The Hall–Kier alpha value is -4.20. The van der Waals surface area contributed by atoms with Gasteiger partial charge in [0.25, 0.3) is 5.69 Å². The van der Waals surface area contributed by atoms with Crippen LogP contribution >= 0.6 is 35.4 Å². The van der Waals surface area contributed by atoms with Gasteiger partial charge < -0.3 is 20.1 Å². The fourth-order valence-corrected chi connectivity index (χ4v) is 5.58. The summed E-state index contributed by atoms with van der Waals surface area (Å²) in [7, 11) is 0. The van der Waals surface area contributed by atoms with Gasteiger partial charge in [-0.05, 0) is 53.5 Å². The topological polar surface area (TPSA) is 105 Å². The van der Waals surface area contributed by atoms with Gasteiger partial charge in [-0.1, -0.05) is 73.8 Å². The first-order valence-electron chi connectivity index (χ1n) is 14.9. The number of aromatic nitrogens is 2. The maximum atomic E-state index is 13.5. The van der Waals surface area contributed by atoms with Crippen LogP contribution in [0.25, 0.3) is 0 Å². The lowest BCUT2D eigenvalue weighted by Crippen LogP contribution is -2.50. The molecule has 254 valence electrons. The number of nitro groups is 1. The summed E-state index contributed by atoms with van der Waals surface area (Å²) in [6, 6.07) is 15.6. The molecular weight excluding hydrogens is 688 g/mol. The Kier molecular flexibility index (Phi) is 12.4. The number of hydrogen-bond acceptors (Lipinski definition) is 5. The van der Waals surface area contributed by atoms with Gasteiger partial charge in [-0.25, -0.2) is 4.98 Å². The highest BCUT2D eigenvalue weighted by atomic mass is 35.5. The molecule has 1 aromatic heterocycles. The molecule has 4 rings (SSSR count). The Morgan fingerprint density at radius 2 is 1.83 bits per heavy atom. The van der Waals surface area contributed by atoms with Crippen molar-refractivity contribution in [2.75, 3.05) is 11.9 Å². The predicted octanol–water partition coefficient (Wildman–Crippen LogP) is 8.14. The lowest BCUT2D eigenvalue weighted by Gasteiger charge is -2.33. The number of rotatable bonds is 13. The van der Waals surface area contributed by atoms with E-state index in [4.69, 9.17) is 35.4 Å². The summed E-state index contributed by atoms with van der Waals surface area (Å²) in [6.45, 7) is 4.70. The smallest absolute Gasteiger partial charge is 0.351 e. The molecule has 1 heterocycles. The second-order valence-corrected chi connectivity index (χ2v) is 12.4. The van der Waals surface area contributed by atoms with Crippen molar-refractivity contribution in [2.45, 2.75) is 52.0 Å². The quantitative estimate of drug-likeness (QED) is 0.0816. The number of anilines is 1. The number of amides is 1. The average Bonchev–Trinajstić information content (AvgIpc) is 3.47. The lowest BCUT2D eigenvalue weighted by atomic mass is 9.98. The van der Waals surface area contributed by atoms with Gasteiger partial charge in [0, 0.05) is 55.4 Å². The number of carbonyl (C=O) groups excluding carboxylic acids is 1. The zero-order valence-corrected chi connectivity index (χ0v) is 28.3. The minimum atomic E-state index is -4.53. The van der Waals surface area contributed by atoms with Crippen LogP contribution < -0.4 is 10.6 Å². The highest BCUT2D eigenvalue weighted by molar-refractivity contribution is 7.80. The summed E-state index contributed by atoms with van der Waals surface area (Å²) in [4.78, 5) is 29.9. The number of benzene rings is 3. The van der Waals surface area contributed by atoms with Crippen molar-refractivity contribution in [2.24, 2.45) is 5.92 Å². The molecule has 0 saturated heterocycles. The van der Waals surface area contributed by atoms with Crippen molar-refractivity contribution < 1.29 is 22.9 Å². The summed E-state index contributed by atoms with van der Waals surface area (Å²) in [6.07, 6.45) is -0.638. The summed E-state index contributed by atoms with van der Waals surface area (Å²) < 4.78 is 42.0. The normalized spacial score (nSPS) is 12.6. The number of nitrogens with zero attached hydrogens (tertiary/aromatic N) is 4. The highest BCUT2D eigenvalue weighted by Crippen LogP contribution is 2.31. The standard InChI is InChI=1S/C33H33Cl2F3N6O3S/c1-3-21(2)29(41-30(45)15-27-16-39-20-43(27)17-22-10-12-26(13-11-22)44(46)47)19-42(18-23-6-4-9-28(34)31(23)35)32(48)40-25-8-5-7-24(14-25)33(36,37)38/h4-14,16,20-21,29H,3,15,17-19H2,1-2H3,(H,40,48)(H,41,45). The molecule has 0 spiro atoms. The molecule has 9 nitrogen and oxygen atoms in total. The van der Waals surface area contributed by atoms with Crippen LogP contribution in [0.2, 0.25) is 10.0 Å². The molecule has 0 aliphatic heterocycles. The Morgan fingerprint density at radius 1 is 1.12 bits per heavy atom. The molecule has 15 heteroatoms. The first kappa shape index (κ1) is 36.6. The second kappa shape index (κ2) is 16.3. The Labute approximate surface area is 291 Å². The number of nitrogens with one attached hydrogen (secondary N) is 2. The van der Waals surface area contributed by atoms with Gasteiger partial charge in [-0.2, -0.15) is 13.2 Å². The van der Waals surface area contributed by atoms with Gasteiger partial charge in [0.05, 0.1) is 33.3 Å². The lowest BCUT2D eigenvalue weighted by molar-refractivity contribution is -0.384. The Balaban J connectivity index is 1.53. The van der Waals surface area contributed by atoms with E-state index in [2.05, 4.69) is 15.6 Å². The van der Waals surface area contributed by atoms with Gasteiger partial charge in [0.2, 0.25) is 5.91 Å². The molecule has 0 bridgehead atoms. The molecule has 2 N–H and O–H groups in total. The molecule has 0 saturated carbocycles. The van der Waals surface area contributed by atoms with Crippen molar-refractivity contribution in [1.29, 1.82) is 0 Å². The largest absolute Gasteiger partial charge is 0.416 e. The summed E-state index contributed by atoms with van der Waals surface area (Å²) >= 11 is 18.5. The third kappa shape index (κ3) is 9.91. The van der Waals surface area contributed by atoms with Crippen LogP contribution in [0.15, 0.2) is 79.3 Å². The molecule has 2 unspecified atom stereocenters. The first-order valence-corrected chi connectivity index (χ1v) is 16.1. The van der Waals surface area contributed by atoms with E-state index in [0.717, 1.165) is 17.7 Å². The van der Waals surface area contributed by atoms with E-state index in [1.807, 2.05) is 13.8 Å². The first-order chi connectivity index (χ1) is 22.7. The van der Waals surface area contributed by atoms with Gasteiger partial charge in [0.1, 0.15) is 0 Å². The molecule has 0 fully saturated rings. The maximum Gasteiger partial charge on any atom is 0.416 e. The van der Waals surface area contributed by atoms with Crippen LogP contribution in [0.1, 0.15) is 42.7 Å². The molecule has 0 aliphatic carbocycles. The van der Waals surface area contributed by atoms with Crippen molar-refractivity contribution in [3.05, 3.63) is 122 Å². The molecule has 0 radical (unpaired) electrons. The molecule has 48 heavy (non-hydrogen) atoms. The van der Waals surface area contributed by atoms with Gasteiger partial charge in [-0.3, -0.25) is 14.9 Å². The van der Waals surface area contributed by atoms with Crippen LogP contribution in [0, 0.1) is 16.0 Å². The van der Waals surface area contributed by atoms with E-state index in [1.54, 1.807) is 52.3 Å². The minimum Gasteiger partial charge on any atom is -0.351 e. The van der Waals surface area contributed by atoms with Crippen molar-refractivity contribution in [3.8, 4) is 0 Å². The molecule has 2 atom stereocenters. The summed E-state index contributed by atoms with van der Waals surface area (Å²) in [5.41, 5.74) is 1.39. The number of imidazole rings is 1. The van der Waals surface area contributed by atoms with Crippen LogP contribution in [0.4, 0.5) is 24.5 Å². The number of alkyl halides is 3. The molecule has 0 aliphatic rings.